The van der Waals surface area contributed by atoms with Crippen LogP contribution in [-0.2, 0) is 22.7 Å². The molecule has 1 heterocycles. The summed E-state index contributed by atoms with van der Waals surface area (Å²) in [6.45, 7) is 2.86. The SMILES string of the molecule is CCCOc1ccc(CN2C(=O)NC(=O)/C(=C\c3ccc(OCc4ccc(Br)cc4)c(Br)c3)C2=O)cc1OC. The second-order valence-electron chi connectivity index (χ2n) is 8.65. The van der Waals surface area contributed by atoms with Crippen LogP contribution in [0.5, 0.6) is 17.2 Å². The van der Waals surface area contributed by atoms with Gasteiger partial charge in [-0.25, -0.2) is 4.79 Å². The smallest absolute Gasteiger partial charge is 0.331 e. The van der Waals surface area contributed by atoms with Gasteiger partial charge in [-0.2, -0.15) is 0 Å². The second-order valence-corrected chi connectivity index (χ2v) is 10.4. The van der Waals surface area contributed by atoms with Gasteiger partial charge in [0.15, 0.2) is 11.5 Å². The Kier molecular flexibility index (Phi) is 9.42. The largest absolute Gasteiger partial charge is 0.493 e. The molecule has 3 aromatic rings. The Morgan fingerprint density at radius 1 is 0.872 bits per heavy atom. The van der Waals surface area contributed by atoms with Crippen LogP contribution in [0.2, 0.25) is 0 Å². The first kappa shape index (κ1) is 28.4. The zero-order valence-electron chi connectivity index (χ0n) is 21.3. The number of ether oxygens (including phenoxy) is 3. The Hall–Kier alpha value is -3.63. The van der Waals surface area contributed by atoms with Gasteiger partial charge in [0.05, 0.1) is 24.7 Å². The molecule has 0 aliphatic carbocycles. The maximum absolute atomic E-state index is 13.2. The molecule has 1 aliphatic rings. The van der Waals surface area contributed by atoms with Gasteiger partial charge >= 0.3 is 6.03 Å². The lowest BCUT2D eigenvalue weighted by atomic mass is 10.1. The summed E-state index contributed by atoms with van der Waals surface area (Å²) in [5, 5.41) is 2.25. The molecule has 0 bridgehead atoms. The fraction of sp³-hybridized carbons (Fsp3) is 0.207. The zero-order chi connectivity index (χ0) is 27.9. The predicted octanol–water partition coefficient (Wildman–Crippen LogP) is 6.25. The molecule has 4 rings (SSSR count). The van der Waals surface area contributed by atoms with Gasteiger partial charge < -0.3 is 14.2 Å². The molecule has 0 unspecified atom stereocenters. The van der Waals surface area contributed by atoms with E-state index in [1.807, 2.05) is 31.2 Å². The number of carbonyl (C=O) groups excluding carboxylic acids is 3. The van der Waals surface area contributed by atoms with Crippen LogP contribution < -0.4 is 19.5 Å². The first-order valence-electron chi connectivity index (χ1n) is 12.1. The minimum atomic E-state index is -0.787. The molecule has 0 saturated carbocycles. The maximum atomic E-state index is 13.2. The highest BCUT2D eigenvalue weighted by Gasteiger charge is 2.35. The van der Waals surface area contributed by atoms with Crippen LogP contribution in [0.4, 0.5) is 4.79 Å². The van der Waals surface area contributed by atoms with Crippen LogP contribution in [-0.4, -0.2) is 36.5 Å². The van der Waals surface area contributed by atoms with E-state index in [9.17, 15) is 14.4 Å². The second kappa shape index (κ2) is 12.9. The molecule has 39 heavy (non-hydrogen) atoms. The van der Waals surface area contributed by atoms with Crippen molar-refractivity contribution < 1.29 is 28.6 Å². The lowest BCUT2D eigenvalue weighted by Crippen LogP contribution is -2.53. The van der Waals surface area contributed by atoms with Crippen LogP contribution in [0.3, 0.4) is 0 Å². The number of nitrogens with one attached hydrogen (secondary N) is 1. The summed E-state index contributed by atoms with van der Waals surface area (Å²) in [6, 6.07) is 17.4. The third kappa shape index (κ3) is 7.07. The number of benzene rings is 3. The van der Waals surface area contributed by atoms with E-state index in [0.717, 1.165) is 21.4 Å². The molecule has 0 radical (unpaired) electrons. The van der Waals surface area contributed by atoms with E-state index in [2.05, 4.69) is 37.2 Å². The van der Waals surface area contributed by atoms with Crippen molar-refractivity contribution in [3.63, 3.8) is 0 Å². The van der Waals surface area contributed by atoms with Crippen LogP contribution >= 0.6 is 31.9 Å². The minimum absolute atomic E-state index is 0.0494. The van der Waals surface area contributed by atoms with Crippen molar-refractivity contribution >= 4 is 55.8 Å². The van der Waals surface area contributed by atoms with Crippen LogP contribution in [0, 0.1) is 0 Å². The number of methoxy groups -OCH3 is 1. The summed E-state index contributed by atoms with van der Waals surface area (Å²) in [7, 11) is 1.52. The van der Waals surface area contributed by atoms with E-state index in [1.165, 1.54) is 13.2 Å². The summed E-state index contributed by atoms with van der Waals surface area (Å²) in [4.78, 5) is 39.3. The summed E-state index contributed by atoms with van der Waals surface area (Å²) < 4.78 is 18.6. The topological polar surface area (TPSA) is 94.2 Å². The van der Waals surface area contributed by atoms with Gasteiger partial charge in [0.1, 0.15) is 17.9 Å². The Morgan fingerprint density at radius 2 is 1.59 bits per heavy atom. The highest BCUT2D eigenvalue weighted by atomic mass is 79.9. The van der Waals surface area contributed by atoms with E-state index in [0.29, 0.717) is 46.1 Å². The molecule has 202 valence electrons. The third-order valence-corrected chi connectivity index (χ3v) is 6.94. The van der Waals surface area contributed by atoms with Gasteiger partial charge in [0.25, 0.3) is 11.8 Å². The number of hydrogen-bond acceptors (Lipinski definition) is 6. The molecule has 4 amide bonds. The number of urea groups is 1. The number of hydrogen-bond donors (Lipinski definition) is 1. The van der Waals surface area contributed by atoms with E-state index in [4.69, 9.17) is 14.2 Å². The van der Waals surface area contributed by atoms with Crippen molar-refractivity contribution in [2.75, 3.05) is 13.7 Å². The molecule has 0 spiro atoms. The quantitative estimate of drug-likeness (QED) is 0.205. The first-order chi connectivity index (χ1) is 18.8. The van der Waals surface area contributed by atoms with Gasteiger partial charge in [0.2, 0.25) is 0 Å². The Morgan fingerprint density at radius 3 is 2.28 bits per heavy atom. The number of rotatable bonds is 10. The van der Waals surface area contributed by atoms with Gasteiger partial charge in [-0.15, -0.1) is 0 Å². The average Bonchev–Trinajstić information content (AvgIpc) is 2.93. The van der Waals surface area contributed by atoms with E-state index >= 15 is 0 Å². The Bertz CT molecular complexity index is 1420. The summed E-state index contributed by atoms with van der Waals surface area (Å²) in [5.41, 5.74) is 2.08. The molecule has 3 aromatic carbocycles. The lowest BCUT2D eigenvalue weighted by molar-refractivity contribution is -0.130. The van der Waals surface area contributed by atoms with E-state index in [-0.39, 0.29) is 12.1 Å². The van der Waals surface area contributed by atoms with Crippen LogP contribution in [0.1, 0.15) is 30.0 Å². The maximum Gasteiger partial charge on any atom is 0.331 e. The third-order valence-electron chi connectivity index (χ3n) is 5.79. The Labute approximate surface area is 243 Å². The minimum Gasteiger partial charge on any atom is -0.493 e. The van der Waals surface area contributed by atoms with Crippen molar-refractivity contribution in [1.29, 1.82) is 0 Å². The molecule has 1 saturated heterocycles. The fourth-order valence-corrected chi connectivity index (χ4v) is 4.57. The monoisotopic (exact) mass is 656 g/mol. The predicted molar refractivity (Wildman–Crippen MR) is 153 cm³/mol. The summed E-state index contributed by atoms with van der Waals surface area (Å²) in [5.74, 6) is 0.222. The number of halogens is 2. The number of nitrogens with zero attached hydrogens (tertiary/aromatic N) is 1. The molecule has 1 fully saturated rings. The molecule has 8 nitrogen and oxygen atoms in total. The van der Waals surface area contributed by atoms with Crippen LogP contribution in [0.15, 0.2) is 75.2 Å². The summed E-state index contributed by atoms with van der Waals surface area (Å²) in [6.07, 6.45) is 2.29. The van der Waals surface area contributed by atoms with Gasteiger partial charge in [-0.1, -0.05) is 47.1 Å². The number of imide groups is 2. The van der Waals surface area contributed by atoms with Crippen LogP contribution in [0.25, 0.3) is 6.08 Å². The number of barbiturate groups is 1. The summed E-state index contributed by atoms with van der Waals surface area (Å²) >= 11 is 6.91. The van der Waals surface area contributed by atoms with E-state index in [1.54, 1.807) is 36.4 Å². The van der Waals surface area contributed by atoms with Crippen molar-refractivity contribution in [3.8, 4) is 17.2 Å². The van der Waals surface area contributed by atoms with Crippen molar-refractivity contribution in [3.05, 3.63) is 91.9 Å². The molecular formula is C29H26Br2N2O6. The van der Waals surface area contributed by atoms with E-state index < -0.39 is 17.8 Å². The highest BCUT2D eigenvalue weighted by molar-refractivity contribution is 9.10. The average molecular weight is 658 g/mol. The number of carbonyl (C=O) groups is 3. The zero-order valence-corrected chi connectivity index (χ0v) is 24.5. The van der Waals surface area contributed by atoms with Crippen molar-refractivity contribution in [2.24, 2.45) is 0 Å². The van der Waals surface area contributed by atoms with Gasteiger partial charge in [-0.05, 0) is 81.5 Å². The molecule has 1 aliphatic heterocycles. The fourth-order valence-electron chi connectivity index (χ4n) is 3.79. The van der Waals surface area contributed by atoms with Gasteiger partial charge in [-0.3, -0.25) is 19.8 Å². The molecular weight excluding hydrogens is 632 g/mol. The standard InChI is InChI=1S/C29H26Br2N2O6/c1-3-12-38-25-11-7-20(15-26(25)37-2)16-33-28(35)22(27(34)32-29(33)36)13-19-6-10-24(23(31)14-19)39-17-18-4-8-21(30)9-5-18/h4-11,13-15H,3,12,16-17H2,1-2H3,(H,32,34,36)/b22-13+. The van der Waals surface area contributed by atoms with Crippen molar-refractivity contribution in [1.82, 2.24) is 10.2 Å². The first-order valence-corrected chi connectivity index (χ1v) is 13.7. The molecule has 0 aromatic heterocycles. The number of amides is 4. The van der Waals surface area contributed by atoms with Gasteiger partial charge in [0, 0.05) is 4.47 Å². The molecule has 10 heteroatoms. The highest BCUT2D eigenvalue weighted by Crippen LogP contribution is 2.30. The normalized spacial score (nSPS) is 14.4. The lowest BCUT2D eigenvalue weighted by Gasteiger charge is -2.26. The Balaban J connectivity index is 1.50. The molecule has 0 atom stereocenters. The van der Waals surface area contributed by atoms with Crippen molar-refractivity contribution in [2.45, 2.75) is 26.5 Å². The molecule has 1 N–H and O–H groups in total.